The lowest BCUT2D eigenvalue weighted by Gasteiger charge is -2.16. The Morgan fingerprint density at radius 3 is 2.63 bits per heavy atom. The van der Waals surface area contributed by atoms with Gasteiger partial charge in [0.2, 0.25) is 0 Å². The van der Waals surface area contributed by atoms with E-state index < -0.39 is 11.6 Å². The fourth-order valence-corrected chi connectivity index (χ4v) is 1.89. The first-order chi connectivity index (χ1) is 9.10. The standard InChI is InChI=1S/C13H12ClF2N3/c14-13-4-2-9(7-18-13)12(19-17)5-8-1-3-10(15)6-11(8)16/h1-4,6-7,12,19H,5,17H2. The largest absolute Gasteiger partial charge is 0.271 e. The molecule has 19 heavy (non-hydrogen) atoms. The van der Waals surface area contributed by atoms with Crippen molar-refractivity contribution in [3.05, 3.63) is 64.4 Å². The van der Waals surface area contributed by atoms with Gasteiger partial charge in [-0.25, -0.2) is 13.8 Å². The quantitative estimate of drug-likeness (QED) is 0.515. The zero-order chi connectivity index (χ0) is 13.8. The number of halogens is 3. The molecule has 2 rings (SSSR count). The highest BCUT2D eigenvalue weighted by Gasteiger charge is 2.14. The number of rotatable bonds is 4. The first-order valence-corrected chi connectivity index (χ1v) is 5.99. The third-order valence-electron chi connectivity index (χ3n) is 2.79. The Bertz CT molecular complexity index is 560. The van der Waals surface area contributed by atoms with E-state index in [1.807, 2.05) is 0 Å². The van der Waals surface area contributed by atoms with Crippen LogP contribution in [-0.2, 0) is 6.42 Å². The molecule has 1 aromatic carbocycles. The van der Waals surface area contributed by atoms with E-state index in [0.717, 1.165) is 11.6 Å². The Morgan fingerprint density at radius 2 is 2.05 bits per heavy atom. The second-order valence-electron chi connectivity index (χ2n) is 4.07. The van der Waals surface area contributed by atoms with Crippen molar-refractivity contribution in [2.45, 2.75) is 12.5 Å². The number of aromatic nitrogens is 1. The number of hydrogen-bond acceptors (Lipinski definition) is 3. The van der Waals surface area contributed by atoms with Crippen LogP contribution in [0.4, 0.5) is 8.78 Å². The topological polar surface area (TPSA) is 50.9 Å². The molecule has 1 unspecified atom stereocenters. The van der Waals surface area contributed by atoms with Crippen LogP contribution < -0.4 is 11.3 Å². The molecule has 6 heteroatoms. The zero-order valence-corrected chi connectivity index (χ0v) is 10.7. The Balaban J connectivity index is 2.21. The van der Waals surface area contributed by atoms with Crippen molar-refractivity contribution >= 4 is 11.6 Å². The predicted octanol–water partition coefficient (Wildman–Crippen LogP) is 2.76. The van der Waals surface area contributed by atoms with E-state index in [4.69, 9.17) is 17.4 Å². The molecule has 0 spiro atoms. The average Bonchev–Trinajstić information content (AvgIpc) is 2.39. The predicted molar refractivity (Wildman–Crippen MR) is 69.4 cm³/mol. The maximum atomic E-state index is 13.6. The van der Waals surface area contributed by atoms with Gasteiger partial charge in [-0.1, -0.05) is 23.7 Å². The number of hydrazine groups is 1. The number of nitrogens with zero attached hydrogens (tertiary/aromatic N) is 1. The molecule has 100 valence electrons. The molecule has 3 N–H and O–H groups in total. The van der Waals surface area contributed by atoms with Crippen molar-refractivity contribution < 1.29 is 8.78 Å². The number of nitrogens with two attached hydrogens (primary N) is 1. The van der Waals surface area contributed by atoms with Crippen LogP contribution >= 0.6 is 11.6 Å². The summed E-state index contributed by atoms with van der Waals surface area (Å²) in [6, 6.07) is 6.52. The lowest BCUT2D eigenvalue weighted by Crippen LogP contribution is -2.29. The van der Waals surface area contributed by atoms with Gasteiger partial charge in [0.25, 0.3) is 0 Å². The van der Waals surface area contributed by atoms with Crippen LogP contribution in [-0.4, -0.2) is 4.98 Å². The van der Waals surface area contributed by atoms with Crippen molar-refractivity contribution in [2.75, 3.05) is 0 Å². The summed E-state index contributed by atoms with van der Waals surface area (Å²) in [5.74, 6) is 4.26. The molecule has 0 amide bonds. The smallest absolute Gasteiger partial charge is 0.129 e. The van der Waals surface area contributed by atoms with Crippen LogP contribution in [0.1, 0.15) is 17.2 Å². The molecule has 0 bridgehead atoms. The van der Waals surface area contributed by atoms with Crippen LogP contribution in [0.2, 0.25) is 5.15 Å². The summed E-state index contributed by atoms with van der Waals surface area (Å²) in [7, 11) is 0. The van der Waals surface area contributed by atoms with Gasteiger partial charge >= 0.3 is 0 Å². The fourth-order valence-electron chi connectivity index (χ4n) is 1.77. The molecule has 1 heterocycles. The van der Waals surface area contributed by atoms with Gasteiger partial charge in [0.05, 0.1) is 6.04 Å². The molecule has 0 saturated heterocycles. The van der Waals surface area contributed by atoms with Crippen LogP contribution in [0.5, 0.6) is 0 Å². The number of hydrogen-bond donors (Lipinski definition) is 2. The summed E-state index contributed by atoms with van der Waals surface area (Å²) in [6.07, 6.45) is 1.85. The lowest BCUT2D eigenvalue weighted by atomic mass is 10.0. The Labute approximate surface area is 114 Å². The van der Waals surface area contributed by atoms with Gasteiger partial charge in [0, 0.05) is 12.3 Å². The molecule has 0 aliphatic rings. The molecule has 1 aromatic heterocycles. The van der Waals surface area contributed by atoms with Gasteiger partial charge in [0.1, 0.15) is 16.8 Å². The molecule has 0 aliphatic carbocycles. The molecule has 2 aromatic rings. The van der Waals surface area contributed by atoms with E-state index in [2.05, 4.69) is 10.4 Å². The minimum Gasteiger partial charge on any atom is -0.271 e. The van der Waals surface area contributed by atoms with Crippen LogP contribution in [0.15, 0.2) is 36.5 Å². The van der Waals surface area contributed by atoms with Crippen molar-refractivity contribution in [3.63, 3.8) is 0 Å². The van der Waals surface area contributed by atoms with Crippen molar-refractivity contribution in [2.24, 2.45) is 5.84 Å². The van der Waals surface area contributed by atoms with E-state index in [0.29, 0.717) is 10.7 Å². The summed E-state index contributed by atoms with van der Waals surface area (Å²) < 4.78 is 26.4. The number of pyridine rings is 1. The minimum atomic E-state index is -0.605. The van der Waals surface area contributed by atoms with Crippen LogP contribution in [0.3, 0.4) is 0 Å². The highest BCUT2D eigenvalue weighted by atomic mass is 35.5. The Morgan fingerprint density at radius 1 is 1.26 bits per heavy atom. The van der Waals surface area contributed by atoms with Crippen molar-refractivity contribution in [3.8, 4) is 0 Å². The Kier molecular flexibility index (Phi) is 4.42. The lowest BCUT2D eigenvalue weighted by molar-refractivity contribution is 0.521. The van der Waals surface area contributed by atoms with Gasteiger partial charge in [-0.05, 0) is 29.7 Å². The first-order valence-electron chi connectivity index (χ1n) is 5.61. The van der Waals surface area contributed by atoms with Gasteiger partial charge in [-0.3, -0.25) is 11.3 Å². The SMILES string of the molecule is NNC(Cc1ccc(F)cc1F)c1ccc(Cl)nc1. The van der Waals surface area contributed by atoms with Crippen LogP contribution in [0.25, 0.3) is 0 Å². The highest BCUT2D eigenvalue weighted by molar-refractivity contribution is 6.29. The maximum absolute atomic E-state index is 13.6. The normalized spacial score (nSPS) is 12.4. The molecule has 0 fully saturated rings. The van der Waals surface area contributed by atoms with Crippen molar-refractivity contribution in [1.29, 1.82) is 0 Å². The number of benzene rings is 1. The molecular formula is C13H12ClF2N3. The van der Waals surface area contributed by atoms with Crippen LogP contribution in [0, 0.1) is 11.6 Å². The molecule has 0 saturated carbocycles. The maximum Gasteiger partial charge on any atom is 0.129 e. The van der Waals surface area contributed by atoms with Crippen molar-refractivity contribution in [1.82, 2.24) is 10.4 Å². The summed E-state index contributed by atoms with van der Waals surface area (Å²) in [5, 5.41) is 0.368. The van der Waals surface area contributed by atoms with Gasteiger partial charge in [-0.15, -0.1) is 0 Å². The molecule has 0 radical (unpaired) electrons. The molecular weight excluding hydrogens is 272 g/mol. The molecule has 3 nitrogen and oxygen atoms in total. The van der Waals surface area contributed by atoms with E-state index in [-0.39, 0.29) is 12.5 Å². The molecule has 1 atom stereocenters. The summed E-state index contributed by atoms with van der Waals surface area (Å²) >= 11 is 5.70. The third-order valence-corrected chi connectivity index (χ3v) is 3.02. The van der Waals surface area contributed by atoms with E-state index >= 15 is 0 Å². The van der Waals surface area contributed by atoms with Gasteiger partial charge in [0.15, 0.2) is 0 Å². The first kappa shape index (κ1) is 13.9. The van der Waals surface area contributed by atoms with E-state index in [9.17, 15) is 8.78 Å². The second-order valence-corrected chi connectivity index (χ2v) is 4.46. The summed E-state index contributed by atoms with van der Waals surface area (Å²) in [4.78, 5) is 3.94. The summed E-state index contributed by atoms with van der Waals surface area (Å²) in [6.45, 7) is 0. The molecule has 0 aliphatic heterocycles. The second kappa shape index (κ2) is 6.06. The third kappa shape index (κ3) is 3.47. The average molecular weight is 284 g/mol. The summed E-state index contributed by atoms with van der Waals surface area (Å²) in [5.41, 5.74) is 3.73. The van der Waals surface area contributed by atoms with E-state index in [1.165, 1.54) is 12.1 Å². The highest BCUT2D eigenvalue weighted by Crippen LogP contribution is 2.20. The Hall–Kier alpha value is -1.56. The van der Waals surface area contributed by atoms with Gasteiger partial charge < -0.3 is 0 Å². The monoisotopic (exact) mass is 283 g/mol. The van der Waals surface area contributed by atoms with Gasteiger partial charge in [-0.2, -0.15) is 0 Å². The fraction of sp³-hybridized carbons (Fsp3) is 0.154. The van der Waals surface area contributed by atoms with E-state index in [1.54, 1.807) is 18.3 Å². The number of nitrogens with one attached hydrogen (secondary N) is 1. The minimum absolute atomic E-state index is 0.284. The zero-order valence-electron chi connectivity index (χ0n) is 9.91.